The highest BCUT2D eigenvalue weighted by Gasteiger charge is 2.41. The number of nitrogens with one attached hydrogen (secondary N) is 1. The zero-order chi connectivity index (χ0) is 12.8. The minimum Gasteiger partial charge on any atom is -0.385 e. The summed E-state index contributed by atoms with van der Waals surface area (Å²) in [5.41, 5.74) is 6.46. The Hall–Kier alpha value is -0.120. The van der Waals surface area contributed by atoms with Crippen LogP contribution in [0.5, 0.6) is 0 Å². The fourth-order valence-electron chi connectivity index (χ4n) is 3.40. The lowest BCUT2D eigenvalue weighted by Crippen LogP contribution is -2.36. The van der Waals surface area contributed by atoms with Crippen molar-refractivity contribution in [3.63, 3.8) is 0 Å². The molecule has 2 atom stereocenters. The summed E-state index contributed by atoms with van der Waals surface area (Å²) < 4.78 is 5.20. The molecule has 0 aromatic rings. The number of nitrogens with two attached hydrogens (primary N) is 1. The third-order valence-corrected chi connectivity index (χ3v) is 5.07. The van der Waals surface area contributed by atoms with Crippen LogP contribution in [0.25, 0.3) is 0 Å². The normalized spacial score (nSPS) is 30.3. The molecule has 3 heteroatoms. The van der Waals surface area contributed by atoms with Gasteiger partial charge >= 0.3 is 0 Å². The molecule has 3 nitrogen and oxygen atoms in total. The topological polar surface area (TPSA) is 47.3 Å². The van der Waals surface area contributed by atoms with Gasteiger partial charge in [0.05, 0.1) is 0 Å². The van der Waals surface area contributed by atoms with Gasteiger partial charge in [0.2, 0.25) is 0 Å². The zero-order valence-corrected chi connectivity index (χ0v) is 11.9. The maximum atomic E-state index is 5.88. The average molecular weight is 254 g/mol. The van der Waals surface area contributed by atoms with Crippen molar-refractivity contribution in [2.45, 2.75) is 44.9 Å². The molecule has 2 aliphatic rings. The van der Waals surface area contributed by atoms with Gasteiger partial charge in [0.15, 0.2) is 0 Å². The van der Waals surface area contributed by atoms with Gasteiger partial charge in [-0.05, 0) is 62.4 Å². The number of hydrogen-bond donors (Lipinski definition) is 2. The smallest absolute Gasteiger partial charge is 0.0468 e. The second-order valence-electron chi connectivity index (χ2n) is 6.41. The second kappa shape index (κ2) is 6.88. The molecule has 0 aromatic heterocycles. The molecular formula is C15H30N2O. The summed E-state index contributed by atoms with van der Waals surface area (Å²) in [5, 5.41) is 3.72. The van der Waals surface area contributed by atoms with E-state index < -0.39 is 0 Å². The first-order chi connectivity index (χ1) is 8.79. The van der Waals surface area contributed by atoms with Crippen LogP contribution in [0.1, 0.15) is 44.9 Å². The Morgan fingerprint density at radius 2 is 1.94 bits per heavy atom. The fourth-order valence-corrected chi connectivity index (χ4v) is 3.40. The highest BCUT2D eigenvalue weighted by molar-refractivity contribution is 4.95. The van der Waals surface area contributed by atoms with Crippen LogP contribution in [0.4, 0.5) is 0 Å². The summed E-state index contributed by atoms with van der Waals surface area (Å²) in [7, 11) is 1.80. The van der Waals surface area contributed by atoms with Gasteiger partial charge in [0.1, 0.15) is 0 Å². The van der Waals surface area contributed by atoms with E-state index in [0.717, 1.165) is 25.0 Å². The van der Waals surface area contributed by atoms with E-state index in [1.54, 1.807) is 7.11 Å². The van der Waals surface area contributed by atoms with Crippen molar-refractivity contribution in [3.05, 3.63) is 0 Å². The Morgan fingerprint density at radius 3 is 2.56 bits per heavy atom. The summed E-state index contributed by atoms with van der Waals surface area (Å²) >= 11 is 0. The van der Waals surface area contributed by atoms with E-state index in [2.05, 4.69) is 5.32 Å². The number of hydrogen-bond acceptors (Lipinski definition) is 3. The van der Waals surface area contributed by atoms with Gasteiger partial charge in [-0.15, -0.1) is 0 Å². The number of ether oxygens (including phenoxy) is 1. The van der Waals surface area contributed by atoms with Gasteiger partial charge < -0.3 is 15.8 Å². The molecule has 18 heavy (non-hydrogen) atoms. The van der Waals surface area contributed by atoms with Gasteiger partial charge in [-0.25, -0.2) is 0 Å². The van der Waals surface area contributed by atoms with E-state index in [0.29, 0.717) is 5.41 Å². The molecule has 0 bridgehead atoms. The quantitative estimate of drug-likeness (QED) is 0.698. The Balaban J connectivity index is 1.65. The lowest BCUT2D eigenvalue weighted by atomic mass is 9.79. The SMILES string of the molecule is COCCC1(CNCC2CCCCC2CN)CC1. The van der Waals surface area contributed by atoms with Crippen LogP contribution in [0.3, 0.4) is 0 Å². The summed E-state index contributed by atoms with van der Waals surface area (Å²) in [5.74, 6) is 1.59. The molecule has 0 amide bonds. The van der Waals surface area contributed by atoms with Crippen molar-refractivity contribution < 1.29 is 4.74 Å². The van der Waals surface area contributed by atoms with Crippen LogP contribution in [0, 0.1) is 17.3 Å². The van der Waals surface area contributed by atoms with Crippen LogP contribution >= 0.6 is 0 Å². The molecule has 0 heterocycles. The molecule has 0 aliphatic heterocycles. The fraction of sp³-hybridized carbons (Fsp3) is 1.00. The predicted octanol–water partition coefficient (Wildman–Crippen LogP) is 2.16. The van der Waals surface area contributed by atoms with Gasteiger partial charge in [-0.2, -0.15) is 0 Å². The summed E-state index contributed by atoms with van der Waals surface area (Å²) in [6.07, 6.45) is 9.50. The van der Waals surface area contributed by atoms with Gasteiger partial charge in [-0.1, -0.05) is 12.8 Å². The molecule has 2 fully saturated rings. The van der Waals surface area contributed by atoms with Gasteiger partial charge in [-0.3, -0.25) is 0 Å². The van der Waals surface area contributed by atoms with Crippen molar-refractivity contribution in [2.24, 2.45) is 23.0 Å². The summed E-state index contributed by atoms with van der Waals surface area (Å²) in [4.78, 5) is 0. The zero-order valence-electron chi connectivity index (χ0n) is 11.9. The molecule has 106 valence electrons. The average Bonchev–Trinajstić information content (AvgIpc) is 3.17. The summed E-state index contributed by atoms with van der Waals surface area (Å²) in [6, 6.07) is 0. The van der Waals surface area contributed by atoms with Crippen molar-refractivity contribution >= 4 is 0 Å². The van der Waals surface area contributed by atoms with Crippen molar-refractivity contribution in [1.82, 2.24) is 5.32 Å². The number of rotatable bonds is 8. The van der Waals surface area contributed by atoms with Crippen molar-refractivity contribution in [3.8, 4) is 0 Å². The highest BCUT2D eigenvalue weighted by Crippen LogP contribution is 2.48. The first-order valence-electron chi connectivity index (χ1n) is 7.69. The Labute approximate surface area is 112 Å². The highest BCUT2D eigenvalue weighted by atomic mass is 16.5. The third kappa shape index (κ3) is 3.94. The standard InChI is InChI=1S/C15H30N2O/c1-18-9-8-15(6-7-15)12-17-11-14-5-3-2-4-13(14)10-16/h13-14,17H,2-12,16H2,1H3. The molecule has 0 aromatic carbocycles. The van der Waals surface area contributed by atoms with E-state index in [1.807, 2.05) is 0 Å². The largest absolute Gasteiger partial charge is 0.385 e. The molecule has 2 rings (SSSR count). The Bertz CT molecular complexity index is 241. The minimum atomic E-state index is 0.572. The third-order valence-electron chi connectivity index (χ3n) is 5.07. The molecule has 2 unspecified atom stereocenters. The number of methoxy groups -OCH3 is 1. The van der Waals surface area contributed by atoms with Crippen LogP contribution in [-0.2, 0) is 4.74 Å². The van der Waals surface area contributed by atoms with Gasteiger partial charge in [0, 0.05) is 20.3 Å². The van der Waals surface area contributed by atoms with E-state index in [9.17, 15) is 0 Å². The lowest BCUT2D eigenvalue weighted by Gasteiger charge is -2.31. The predicted molar refractivity (Wildman–Crippen MR) is 75.5 cm³/mol. The van der Waals surface area contributed by atoms with Crippen LogP contribution in [-0.4, -0.2) is 33.4 Å². The van der Waals surface area contributed by atoms with Gasteiger partial charge in [0.25, 0.3) is 0 Å². The molecule has 0 spiro atoms. The molecule has 3 N–H and O–H groups in total. The van der Waals surface area contributed by atoms with Crippen LogP contribution in [0.15, 0.2) is 0 Å². The van der Waals surface area contributed by atoms with Crippen LogP contribution < -0.4 is 11.1 Å². The van der Waals surface area contributed by atoms with E-state index in [-0.39, 0.29) is 0 Å². The minimum absolute atomic E-state index is 0.572. The maximum absolute atomic E-state index is 5.88. The lowest BCUT2D eigenvalue weighted by molar-refractivity contribution is 0.168. The first kappa shape index (κ1) is 14.3. The van der Waals surface area contributed by atoms with E-state index >= 15 is 0 Å². The van der Waals surface area contributed by atoms with Crippen LogP contribution in [0.2, 0.25) is 0 Å². The molecular weight excluding hydrogens is 224 g/mol. The Morgan fingerprint density at radius 1 is 1.22 bits per heavy atom. The monoisotopic (exact) mass is 254 g/mol. The Kier molecular flexibility index (Phi) is 5.46. The summed E-state index contributed by atoms with van der Waals surface area (Å²) in [6.45, 7) is 4.15. The van der Waals surface area contributed by atoms with Crippen molar-refractivity contribution in [2.75, 3.05) is 33.4 Å². The first-order valence-corrected chi connectivity index (χ1v) is 7.69. The molecule has 0 saturated heterocycles. The molecule has 2 saturated carbocycles. The second-order valence-corrected chi connectivity index (χ2v) is 6.41. The molecule has 0 radical (unpaired) electrons. The van der Waals surface area contributed by atoms with E-state index in [1.165, 1.54) is 58.0 Å². The van der Waals surface area contributed by atoms with Crippen molar-refractivity contribution in [1.29, 1.82) is 0 Å². The molecule has 2 aliphatic carbocycles. The van der Waals surface area contributed by atoms with E-state index in [4.69, 9.17) is 10.5 Å². The maximum Gasteiger partial charge on any atom is 0.0468 e.